The van der Waals surface area contributed by atoms with E-state index in [2.05, 4.69) is 22.9 Å². The quantitative estimate of drug-likeness (QED) is 0.812. The number of unbranched alkanes of at least 4 members (excludes halogenated alkanes) is 1. The first-order valence-corrected chi connectivity index (χ1v) is 7.24. The average molecular weight is 273 g/mol. The summed E-state index contributed by atoms with van der Waals surface area (Å²) in [5.41, 5.74) is 9.01. The van der Waals surface area contributed by atoms with Gasteiger partial charge in [0.15, 0.2) is 0 Å². The van der Waals surface area contributed by atoms with Crippen LogP contribution in [0.3, 0.4) is 0 Å². The van der Waals surface area contributed by atoms with Crippen molar-refractivity contribution in [2.24, 2.45) is 5.73 Å². The van der Waals surface area contributed by atoms with Crippen molar-refractivity contribution in [1.82, 2.24) is 4.98 Å². The molecule has 0 aliphatic heterocycles. The largest absolute Gasteiger partial charge is 0.395 e. The predicted molar refractivity (Wildman–Crippen MR) is 83.8 cm³/mol. The molecule has 1 heterocycles. The minimum Gasteiger partial charge on any atom is -0.395 e. The number of aliphatic hydroxyl groups excluding tert-OH is 1. The van der Waals surface area contributed by atoms with Gasteiger partial charge in [-0.25, -0.2) is 0 Å². The smallest absolute Gasteiger partial charge is 0.0723 e. The zero-order valence-corrected chi connectivity index (χ0v) is 12.0. The van der Waals surface area contributed by atoms with Crippen LogP contribution in [0.2, 0.25) is 0 Å². The van der Waals surface area contributed by atoms with Gasteiger partial charge >= 0.3 is 0 Å². The summed E-state index contributed by atoms with van der Waals surface area (Å²) in [5.74, 6) is 0. The van der Waals surface area contributed by atoms with Crippen LogP contribution in [0.25, 0.3) is 10.9 Å². The fourth-order valence-electron chi connectivity index (χ4n) is 2.50. The van der Waals surface area contributed by atoms with Gasteiger partial charge in [0.25, 0.3) is 0 Å². The van der Waals surface area contributed by atoms with Crippen molar-refractivity contribution in [3.8, 4) is 0 Å². The van der Waals surface area contributed by atoms with Crippen LogP contribution in [-0.2, 0) is 6.54 Å². The Balaban J connectivity index is 2.51. The van der Waals surface area contributed by atoms with Crippen molar-refractivity contribution in [2.75, 3.05) is 24.6 Å². The summed E-state index contributed by atoms with van der Waals surface area (Å²) in [5, 5.41) is 10.5. The maximum atomic E-state index is 9.34. The van der Waals surface area contributed by atoms with Gasteiger partial charge in [0, 0.05) is 36.8 Å². The van der Waals surface area contributed by atoms with E-state index < -0.39 is 0 Å². The second-order valence-electron chi connectivity index (χ2n) is 4.92. The molecule has 4 heteroatoms. The van der Waals surface area contributed by atoms with Crippen molar-refractivity contribution in [1.29, 1.82) is 0 Å². The topological polar surface area (TPSA) is 62.4 Å². The van der Waals surface area contributed by atoms with Crippen LogP contribution < -0.4 is 10.6 Å². The highest BCUT2D eigenvalue weighted by Gasteiger charge is 2.14. The number of anilines is 1. The Morgan fingerprint density at radius 1 is 1.25 bits per heavy atom. The Morgan fingerprint density at radius 3 is 2.75 bits per heavy atom. The summed E-state index contributed by atoms with van der Waals surface area (Å²) in [6, 6.07) is 8.09. The Kier molecular flexibility index (Phi) is 5.32. The van der Waals surface area contributed by atoms with Crippen LogP contribution in [0.4, 0.5) is 5.69 Å². The van der Waals surface area contributed by atoms with E-state index in [1.807, 2.05) is 24.4 Å². The molecule has 4 nitrogen and oxygen atoms in total. The first-order valence-electron chi connectivity index (χ1n) is 7.24. The van der Waals surface area contributed by atoms with Crippen molar-refractivity contribution in [2.45, 2.75) is 26.3 Å². The molecule has 20 heavy (non-hydrogen) atoms. The van der Waals surface area contributed by atoms with Crippen LogP contribution in [0.5, 0.6) is 0 Å². The van der Waals surface area contributed by atoms with Crippen molar-refractivity contribution >= 4 is 16.6 Å². The Labute approximate surface area is 120 Å². The Morgan fingerprint density at radius 2 is 2.05 bits per heavy atom. The molecule has 2 aromatic rings. The summed E-state index contributed by atoms with van der Waals surface area (Å²) in [6.07, 6.45) is 4.08. The monoisotopic (exact) mass is 273 g/mol. The number of aromatic nitrogens is 1. The molecule has 0 bridgehead atoms. The van der Waals surface area contributed by atoms with E-state index in [9.17, 15) is 5.11 Å². The van der Waals surface area contributed by atoms with E-state index in [1.165, 1.54) is 0 Å². The van der Waals surface area contributed by atoms with E-state index in [4.69, 9.17) is 5.73 Å². The Bertz CT molecular complexity index is 556. The van der Waals surface area contributed by atoms with Crippen molar-refractivity contribution in [3.05, 3.63) is 36.0 Å². The van der Waals surface area contributed by atoms with Crippen LogP contribution in [0, 0.1) is 0 Å². The molecule has 108 valence electrons. The fourth-order valence-corrected chi connectivity index (χ4v) is 2.50. The molecule has 0 aliphatic carbocycles. The third-order valence-electron chi connectivity index (χ3n) is 3.51. The van der Waals surface area contributed by atoms with E-state index in [1.54, 1.807) is 0 Å². The highest BCUT2D eigenvalue weighted by atomic mass is 16.3. The number of pyridine rings is 1. The van der Waals surface area contributed by atoms with E-state index in [-0.39, 0.29) is 6.61 Å². The molecule has 1 aromatic heterocycles. The molecule has 1 aromatic carbocycles. The predicted octanol–water partition coefficient (Wildman–Crippen LogP) is 2.29. The van der Waals surface area contributed by atoms with Crippen molar-refractivity contribution in [3.63, 3.8) is 0 Å². The van der Waals surface area contributed by atoms with Crippen molar-refractivity contribution < 1.29 is 5.11 Å². The molecule has 0 aliphatic rings. The lowest BCUT2D eigenvalue weighted by atomic mass is 10.1. The van der Waals surface area contributed by atoms with Gasteiger partial charge in [0.1, 0.15) is 0 Å². The van der Waals surface area contributed by atoms with Gasteiger partial charge in [0.2, 0.25) is 0 Å². The lowest BCUT2D eigenvalue weighted by Crippen LogP contribution is -2.29. The van der Waals surface area contributed by atoms with E-state index >= 15 is 0 Å². The minimum absolute atomic E-state index is 0.143. The number of nitrogens with zero attached hydrogens (tertiary/aromatic N) is 2. The third-order valence-corrected chi connectivity index (χ3v) is 3.51. The van der Waals surface area contributed by atoms with Crippen LogP contribution in [0.15, 0.2) is 30.5 Å². The zero-order chi connectivity index (χ0) is 14.4. The van der Waals surface area contributed by atoms with Gasteiger partial charge in [-0.15, -0.1) is 0 Å². The molecule has 0 fully saturated rings. The normalized spacial score (nSPS) is 10.9. The molecule has 3 N–H and O–H groups in total. The van der Waals surface area contributed by atoms with E-state index in [0.29, 0.717) is 13.1 Å². The molecule has 0 radical (unpaired) electrons. The fraction of sp³-hybridized carbons (Fsp3) is 0.438. The molecule has 0 unspecified atom stereocenters. The van der Waals surface area contributed by atoms with Gasteiger partial charge in [-0.05, 0) is 12.5 Å². The molecular weight excluding hydrogens is 250 g/mol. The maximum Gasteiger partial charge on any atom is 0.0723 e. The highest BCUT2D eigenvalue weighted by Crippen LogP contribution is 2.29. The minimum atomic E-state index is 0.143. The highest BCUT2D eigenvalue weighted by molar-refractivity contribution is 5.93. The summed E-state index contributed by atoms with van der Waals surface area (Å²) in [7, 11) is 0. The van der Waals surface area contributed by atoms with Crippen LogP contribution >= 0.6 is 0 Å². The number of hydrogen-bond donors (Lipinski definition) is 2. The number of para-hydroxylation sites is 1. The summed E-state index contributed by atoms with van der Waals surface area (Å²) >= 11 is 0. The summed E-state index contributed by atoms with van der Waals surface area (Å²) < 4.78 is 0. The molecule has 0 spiro atoms. The number of benzene rings is 1. The molecule has 0 amide bonds. The number of rotatable bonds is 7. The molecule has 0 saturated heterocycles. The number of aliphatic hydroxyl groups is 1. The van der Waals surface area contributed by atoms with E-state index in [0.717, 1.165) is 41.5 Å². The second-order valence-corrected chi connectivity index (χ2v) is 4.92. The lowest BCUT2D eigenvalue weighted by molar-refractivity contribution is 0.301. The molecule has 0 atom stereocenters. The maximum absolute atomic E-state index is 9.34. The molecule has 0 saturated carbocycles. The first-order chi connectivity index (χ1) is 9.81. The first kappa shape index (κ1) is 14.8. The van der Waals surface area contributed by atoms with Gasteiger partial charge in [-0.2, -0.15) is 0 Å². The third kappa shape index (κ3) is 3.08. The van der Waals surface area contributed by atoms with Gasteiger partial charge in [0.05, 0.1) is 17.8 Å². The van der Waals surface area contributed by atoms with Crippen LogP contribution in [0.1, 0.15) is 25.3 Å². The summed E-state index contributed by atoms with van der Waals surface area (Å²) in [6.45, 7) is 4.33. The lowest BCUT2D eigenvalue weighted by Gasteiger charge is -2.27. The van der Waals surface area contributed by atoms with Gasteiger partial charge in [-0.3, -0.25) is 4.98 Å². The number of hydrogen-bond acceptors (Lipinski definition) is 4. The second kappa shape index (κ2) is 7.22. The van der Waals surface area contributed by atoms with Gasteiger partial charge < -0.3 is 15.7 Å². The SMILES string of the molecule is CCCCN(CCO)c1c(CN)cnc2ccccc12. The number of fused-ring (bicyclic) bond motifs is 1. The van der Waals surface area contributed by atoms with Gasteiger partial charge in [-0.1, -0.05) is 31.5 Å². The average Bonchev–Trinajstić information content (AvgIpc) is 2.50. The molecular formula is C16H23N3O. The standard InChI is InChI=1S/C16H23N3O/c1-2-3-8-19(9-10-20)16-13(11-17)12-18-15-7-5-4-6-14(15)16/h4-7,12,20H,2-3,8-11,17H2,1H3. The molecule has 2 rings (SSSR count). The Hall–Kier alpha value is -1.65. The zero-order valence-electron chi connectivity index (χ0n) is 12.0. The summed E-state index contributed by atoms with van der Waals surface area (Å²) in [4.78, 5) is 6.70. The number of nitrogens with two attached hydrogens (primary N) is 1. The van der Waals surface area contributed by atoms with Crippen LogP contribution in [-0.4, -0.2) is 29.8 Å².